The van der Waals surface area contributed by atoms with Gasteiger partial charge in [0, 0.05) is 36.0 Å². The van der Waals surface area contributed by atoms with Crippen LogP contribution in [-0.2, 0) is 12.0 Å². The van der Waals surface area contributed by atoms with Crippen molar-refractivity contribution in [1.82, 2.24) is 19.9 Å². The highest BCUT2D eigenvalue weighted by Gasteiger charge is 2.51. The third-order valence-electron chi connectivity index (χ3n) is 7.45. The van der Waals surface area contributed by atoms with Crippen LogP contribution in [0, 0.1) is 12.3 Å². The van der Waals surface area contributed by atoms with Gasteiger partial charge in [0.1, 0.15) is 27.9 Å². The molecule has 0 radical (unpaired) electrons. The lowest BCUT2D eigenvalue weighted by atomic mass is 9.73. The van der Waals surface area contributed by atoms with E-state index >= 15 is 0 Å². The molecule has 1 saturated carbocycles. The summed E-state index contributed by atoms with van der Waals surface area (Å²) >= 11 is 7.74. The van der Waals surface area contributed by atoms with E-state index in [-0.39, 0.29) is 17.3 Å². The van der Waals surface area contributed by atoms with Crippen molar-refractivity contribution in [2.45, 2.75) is 60.6 Å². The van der Waals surface area contributed by atoms with Crippen molar-refractivity contribution < 1.29 is 9.52 Å². The van der Waals surface area contributed by atoms with E-state index in [0.717, 1.165) is 60.2 Å². The highest BCUT2D eigenvalue weighted by Crippen LogP contribution is 2.53. The zero-order chi connectivity index (χ0) is 23.7. The predicted octanol–water partition coefficient (Wildman–Crippen LogP) is 3.38. The molecular weight excluding hydrogens is 474 g/mol. The van der Waals surface area contributed by atoms with Crippen LogP contribution in [0.15, 0.2) is 33.0 Å². The average Bonchev–Trinajstić information content (AvgIpc) is 3.32. The maximum atomic E-state index is 11.1. The molecule has 3 aromatic heterocycles. The van der Waals surface area contributed by atoms with Gasteiger partial charge in [0.05, 0.1) is 22.5 Å². The Hall–Kier alpha value is -2.40. The number of anilines is 2. The fourth-order valence-corrected chi connectivity index (χ4v) is 6.23. The molecule has 0 aromatic carbocycles. The van der Waals surface area contributed by atoms with Crippen LogP contribution in [0.5, 0.6) is 0 Å². The van der Waals surface area contributed by atoms with Crippen LogP contribution in [0.4, 0.5) is 11.6 Å². The SMILES string of the molecule is Cc1nc(N2CCC3(CC2)Cc2ncoc2[C@H]3N)c(C2(O)CC2)nc1Sc1ccnc(N)c1Cl. The number of aryl methyl sites for hydroxylation is 1. The molecule has 11 heteroatoms. The second-order valence-corrected chi connectivity index (χ2v) is 11.0. The average molecular weight is 500 g/mol. The number of piperidine rings is 1. The number of aromatic nitrogens is 4. The van der Waals surface area contributed by atoms with Crippen molar-refractivity contribution in [1.29, 1.82) is 0 Å². The summed E-state index contributed by atoms with van der Waals surface area (Å²) in [4.78, 5) is 21.2. The molecular formula is C23H26ClN7O2S. The summed E-state index contributed by atoms with van der Waals surface area (Å²) in [7, 11) is 0. The van der Waals surface area contributed by atoms with Crippen LogP contribution in [-0.4, -0.2) is 38.1 Å². The zero-order valence-corrected chi connectivity index (χ0v) is 20.4. The van der Waals surface area contributed by atoms with Gasteiger partial charge in [-0.1, -0.05) is 23.4 Å². The van der Waals surface area contributed by atoms with Crippen molar-refractivity contribution in [3.63, 3.8) is 0 Å². The Morgan fingerprint density at radius 2 is 1.97 bits per heavy atom. The largest absolute Gasteiger partial charge is 0.447 e. The number of pyridine rings is 1. The molecule has 0 bridgehead atoms. The fourth-order valence-electron chi connectivity index (χ4n) is 5.14. The molecule has 5 N–H and O–H groups in total. The van der Waals surface area contributed by atoms with Crippen LogP contribution in [0.1, 0.15) is 54.6 Å². The number of nitrogen functional groups attached to an aromatic ring is 1. The molecule has 1 aliphatic heterocycles. The number of nitrogens with two attached hydrogens (primary N) is 2. The molecule has 178 valence electrons. The first-order valence-corrected chi connectivity index (χ1v) is 12.6. The minimum atomic E-state index is -0.934. The van der Waals surface area contributed by atoms with Gasteiger partial charge in [0.15, 0.2) is 12.2 Å². The minimum absolute atomic E-state index is 0.0359. The number of hydrogen-bond acceptors (Lipinski definition) is 10. The molecule has 0 amide bonds. The van der Waals surface area contributed by atoms with Gasteiger partial charge in [-0.05, 0) is 38.7 Å². The molecule has 1 atom stereocenters. The molecule has 2 aliphatic carbocycles. The molecule has 0 unspecified atom stereocenters. The Labute approximate surface area is 206 Å². The molecule has 3 aromatic rings. The molecule has 3 aliphatic rings. The Kier molecular flexibility index (Phi) is 5.07. The first-order valence-electron chi connectivity index (χ1n) is 11.4. The highest BCUT2D eigenvalue weighted by molar-refractivity contribution is 7.99. The number of fused-ring (bicyclic) bond motifs is 1. The molecule has 1 saturated heterocycles. The molecule has 1 spiro atoms. The van der Waals surface area contributed by atoms with Gasteiger partial charge in [-0.3, -0.25) is 0 Å². The third-order valence-corrected chi connectivity index (χ3v) is 9.10. The number of aliphatic hydroxyl groups is 1. The molecule has 4 heterocycles. The Morgan fingerprint density at radius 1 is 1.21 bits per heavy atom. The van der Waals surface area contributed by atoms with Crippen LogP contribution in [0.25, 0.3) is 0 Å². The number of nitrogens with zero attached hydrogens (tertiary/aromatic N) is 5. The normalized spacial score (nSPS) is 22.2. The smallest absolute Gasteiger partial charge is 0.181 e. The van der Waals surface area contributed by atoms with Crippen molar-refractivity contribution in [2.75, 3.05) is 23.7 Å². The van der Waals surface area contributed by atoms with Crippen molar-refractivity contribution in [2.24, 2.45) is 11.1 Å². The summed E-state index contributed by atoms with van der Waals surface area (Å²) in [5.74, 6) is 1.87. The summed E-state index contributed by atoms with van der Waals surface area (Å²) in [5, 5.41) is 12.2. The predicted molar refractivity (Wildman–Crippen MR) is 129 cm³/mol. The zero-order valence-electron chi connectivity index (χ0n) is 18.8. The summed E-state index contributed by atoms with van der Waals surface area (Å²) in [6.45, 7) is 3.50. The standard InChI is InChI=1S/C23H26ClN7O2S/c1-12-21(34-14-2-7-27-19(26)15(14)24)30-18(23(32)3-4-23)20(29-12)31-8-5-22(6-9-31)10-13-16(17(22)25)33-11-28-13/h2,7,11,17,32H,3-6,8-10,25H2,1H3,(H2,26,27)/t17-/m1/s1. The second kappa shape index (κ2) is 7.81. The summed E-state index contributed by atoms with van der Waals surface area (Å²) < 4.78 is 5.56. The molecule has 6 rings (SSSR count). The second-order valence-electron chi connectivity index (χ2n) is 9.60. The lowest BCUT2D eigenvalue weighted by molar-refractivity contribution is 0.144. The number of halogens is 1. The van der Waals surface area contributed by atoms with E-state index in [2.05, 4.69) is 14.9 Å². The van der Waals surface area contributed by atoms with E-state index < -0.39 is 5.60 Å². The van der Waals surface area contributed by atoms with Gasteiger partial charge in [-0.25, -0.2) is 19.9 Å². The van der Waals surface area contributed by atoms with Crippen molar-refractivity contribution in [3.8, 4) is 0 Å². The van der Waals surface area contributed by atoms with Gasteiger partial charge >= 0.3 is 0 Å². The number of oxazole rings is 1. The first kappa shape index (κ1) is 22.1. The van der Waals surface area contributed by atoms with Gasteiger partial charge in [-0.2, -0.15) is 0 Å². The quantitative estimate of drug-likeness (QED) is 0.489. The van der Waals surface area contributed by atoms with Crippen LogP contribution >= 0.6 is 23.4 Å². The van der Waals surface area contributed by atoms with E-state index in [9.17, 15) is 5.11 Å². The minimum Gasteiger partial charge on any atom is -0.447 e. The molecule has 34 heavy (non-hydrogen) atoms. The third kappa shape index (κ3) is 3.46. The maximum Gasteiger partial charge on any atom is 0.181 e. The summed E-state index contributed by atoms with van der Waals surface area (Å²) in [6, 6.07) is 1.67. The van der Waals surface area contributed by atoms with Crippen LogP contribution < -0.4 is 16.4 Å². The number of rotatable bonds is 4. The van der Waals surface area contributed by atoms with Crippen molar-refractivity contribution >= 4 is 35.0 Å². The van der Waals surface area contributed by atoms with Gasteiger partial charge in [0.2, 0.25) is 0 Å². The monoisotopic (exact) mass is 499 g/mol. The lowest BCUT2D eigenvalue weighted by Gasteiger charge is -2.42. The fraction of sp³-hybridized carbons (Fsp3) is 0.478. The lowest BCUT2D eigenvalue weighted by Crippen LogP contribution is -2.45. The van der Waals surface area contributed by atoms with E-state index in [1.807, 2.05) is 6.92 Å². The molecule has 2 fully saturated rings. The van der Waals surface area contributed by atoms with E-state index in [0.29, 0.717) is 28.6 Å². The Balaban J connectivity index is 1.28. The van der Waals surface area contributed by atoms with Crippen LogP contribution in [0.3, 0.4) is 0 Å². The summed E-state index contributed by atoms with van der Waals surface area (Å²) in [5.41, 5.74) is 13.9. The Morgan fingerprint density at radius 3 is 2.68 bits per heavy atom. The summed E-state index contributed by atoms with van der Waals surface area (Å²) in [6.07, 6.45) is 7.12. The Bertz CT molecular complexity index is 1270. The van der Waals surface area contributed by atoms with Gasteiger partial charge in [0.25, 0.3) is 0 Å². The van der Waals surface area contributed by atoms with Gasteiger partial charge in [-0.15, -0.1) is 0 Å². The van der Waals surface area contributed by atoms with E-state index in [1.165, 1.54) is 18.2 Å². The molecule has 9 nitrogen and oxygen atoms in total. The van der Waals surface area contributed by atoms with Crippen molar-refractivity contribution in [3.05, 3.63) is 46.5 Å². The first-order chi connectivity index (χ1) is 16.3. The van der Waals surface area contributed by atoms with E-state index in [4.69, 9.17) is 37.5 Å². The topological polar surface area (TPSA) is 140 Å². The maximum absolute atomic E-state index is 11.1. The van der Waals surface area contributed by atoms with Crippen LogP contribution in [0.2, 0.25) is 5.02 Å². The van der Waals surface area contributed by atoms with Gasteiger partial charge < -0.3 is 25.9 Å². The number of hydrogen-bond donors (Lipinski definition) is 3. The highest BCUT2D eigenvalue weighted by atomic mass is 35.5. The van der Waals surface area contributed by atoms with E-state index in [1.54, 1.807) is 12.3 Å².